The predicted octanol–water partition coefficient (Wildman–Crippen LogP) is 1.23. The molecule has 3 N–H and O–H groups in total. The summed E-state index contributed by atoms with van der Waals surface area (Å²) in [5, 5.41) is 15.8. The lowest BCUT2D eigenvalue weighted by Crippen LogP contribution is -2.28. The van der Waals surface area contributed by atoms with Gasteiger partial charge in [-0.1, -0.05) is 0 Å². The van der Waals surface area contributed by atoms with Gasteiger partial charge in [-0.15, -0.1) is 0 Å². The van der Waals surface area contributed by atoms with Crippen LogP contribution >= 0.6 is 0 Å². The molecule has 5 nitrogen and oxygen atoms in total. The van der Waals surface area contributed by atoms with Gasteiger partial charge in [-0.3, -0.25) is 0 Å². The highest BCUT2D eigenvalue weighted by Crippen LogP contribution is 2.21. The lowest BCUT2D eigenvalue weighted by molar-refractivity contribution is 0.126. The maximum atomic E-state index is 9.41. The van der Waals surface area contributed by atoms with E-state index in [1.807, 2.05) is 13.1 Å². The van der Waals surface area contributed by atoms with Crippen molar-refractivity contribution in [2.45, 2.75) is 37.8 Å². The Morgan fingerprint density at radius 3 is 2.56 bits per heavy atom. The van der Waals surface area contributed by atoms with Gasteiger partial charge < -0.3 is 15.7 Å². The number of hydrogen-bond donors (Lipinski definition) is 3. The lowest BCUT2D eigenvalue weighted by Gasteiger charge is -2.26. The van der Waals surface area contributed by atoms with Crippen molar-refractivity contribution in [2.75, 3.05) is 17.7 Å². The van der Waals surface area contributed by atoms with Gasteiger partial charge in [0.25, 0.3) is 0 Å². The molecule has 0 radical (unpaired) electrons. The maximum absolute atomic E-state index is 9.41. The van der Waals surface area contributed by atoms with Crippen LogP contribution in [0.25, 0.3) is 0 Å². The minimum absolute atomic E-state index is 0.115. The van der Waals surface area contributed by atoms with Crippen molar-refractivity contribution in [3.05, 3.63) is 12.4 Å². The van der Waals surface area contributed by atoms with Gasteiger partial charge >= 0.3 is 0 Å². The van der Waals surface area contributed by atoms with Crippen LogP contribution in [-0.2, 0) is 0 Å². The second-order valence-electron chi connectivity index (χ2n) is 4.19. The van der Waals surface area contributed by atoms with Crippen LogP contribution in [0.3, 0.4) is 0 Å². The molecule has 0 saturated heterocycles. The average molecular weight is 222 g/mol. The summed E-state index contributed by atoms with van der Waals surface area (Å²) in [5.74, 6) is 1.66. The minimum atomic E-state index is -0.115. The first-order chi connectivity index (χ1) is 7.78. The molecule has 0 unspecified atom stereocenters. The van der Waals surface area contributed by atoms with Crippen LogP contribution < -0.4 is 10.6 Å². The molecule has 16 heavy (non-hydrogen) atoms. The molecule has 0 amide bonds. The second-order valence-corrected chi connectivity index (χ2v) is 4.19. The van der Waals surface area contributed by atoms with Gasteiger partial charge in [0.15, 0.2) is 0 Å². The van der Waals surface area contributed by atoms with Crippen molar-refractivity contribution < 1.29 is 5.11 Å². The Kier molecular flexibility index (Phi) is 3.56. The number of aliphatic hydroxyl groups is 1. The molecule has 1 aromatic heterocycles. The summed E-state index contributed by atoms with van der Waals surface area (Å²) in [6, 6.07) is 2.31. The van der Waals surface area contributed by atoms with Gasteiger partial charge in [-0.2, -0.15) is 0 Å². The van der Waals surface area contributed by atoms with E-state index in [0.29, 0.717) is 6.04 Å². The standard InChI is InChI=1S/C11H18N4O/c1-12-10-6-11(14-7-13-10)15-8-2-4-9(16)5-3-8/h6-9,16H,2-5H2,1H3,(H2,12,13,14,15). The number of anilines is 2. The van der Waals surface area contributed by atoms with E-state index >= 15 is 0 Å². The minimum Gasteiger partial charge on any atom is -0.393 e. The van der Waals surface area contributed by atoms with Crippen molar-refractivity contribution in [3.8, 4) is 0 Å². The summed E-state index contributed by atoms with van der Waals surface area (Å²) in [4.78, 5) is 8.24. The normalized spacial score (nSPS) is 25.1. The van der Waals surface area contributed by atoms with Crippen LogP contribution in [0.4, 0.5) is 11.6 Å². The Balaban J connectivity index is 1.93. The fourth-order valence-corrected chi connectivity index (χ4v) is 2.00. The first-order valence-electron chi connectivity index (χ1n) is 5.72. The predicted molar refractivity (Wildman–Crippen MR) is 63.5 cm³/mol. The van der Waals surface area contributed by atoms with E-state index in [2.05, 4.69) is 20.6 Å². The van der Waals surface area contributed by atoms with Gasteiger partial charge in [0, 0.05) is 19.2 Å². The van der Waals surface area contributed by atoms with Crippen LogP contribution in [0.1, 0.15) is 25.7 Å². The Labute approximate surface area is 95.3 Å². The van der Waals surface area contributed by atoms with Gasteiger partial charge in [0.2, 0.25) is 0 Å². The first kappa shape index (κ1) is 11.1. The van der Waals surface area contributed by atoms with E-state index in [-0.39, 0.29) is 6.10 Å². The summed E-state index contributed by atoms with van der Waals surface area (Å²) in [5.41, 5.74) is 0. The summed E-state index contributed by atoms with van der Waals surface area (Å²) >= 11 is 0. The first-order valence-corrected chi connectivity index (χ1v) is 5.72. The quantitative estimate of drug-likeness (QED) is 0.717. The number of nitrogens with one attached hydrogen (secondary N) is 2. The molecule has 1 aliphatic rings. The molecule has 1 aliphatic carbocycles. The van der Waals surface area contributed by atoms with E-state index < -0.39 is 0 Å². The molecular formula is C11H18N4O. The number of nitrogens with zero attached hydrogens (tertiary/aromatic N) is 2. The second kappa shape index (κ2) is 5.12. The van der Waals surface area contributed by atoms with Crippen molar-refractivity contribution in [3.63, 3.8) is 0 Å². The number of hydrogen-bond acceptors (Lipinski definition) is 5. The molecule has 1 heterocycles. The lowest BCUT2D eigenvalue weighted by atomic mass is 9.93. The smallest absolute Gasteiger partial charge is 0.131 e. The summed E-state index contributed by atoms with van der Waals surface area (Å²) < 4.78 is 0. The van der Waals surface area contributed by atoms with Crippen molar-refractivity contribution in [1.29, 1.82) is 0 Å². The molecule has 0 aliphatic heterocycles. The van der Waals surface area contributed by atoms with Crippen molar-refractivity contribution >= 4 is 11.6 Å². The molecule has 0 spiro atoms. The maximum Gasteiger partial charge on any atom is 0.131 e. The molecule has 0 aromatic carbocycles. The van der Waals surface area contributed by atoms with Crippen LogP contribution in [0.2, 0.25) is 0 Å². The summed E-state index contributed by atoms with van der Waals surface area (Å²) in [6.45, 7) is 0. The molecule has 1 saturated carbocycles. The Morgan fingerprint density at radius 1 is 1.19 bits per heavy atom. The SMILES string of the molecule is CNc1cc(NC2CCC(O)CC2)ncn1. The third-order valence-electron chi connectivity index (χ3n) is 2.97. The Bertz CT molecular complexity index is 337. The van der Waals surface area contributed by atoms with Crippen LogP contribution in [0, 0.1) is 0 Å². The van der Waals surface area contributed by atoms with Gasteiger partial charge in [-0.05, 0) is 25.7 Å². The molecular weight excluding hydrogens is 204 g/mol. The highest BCUT2D eigenvalue weighted by molar-refractivity contribution is 5.46. The van der Waals surface area contributed by atoms with Crippen LogP contribution in [0.15, 0.2) is 12.4 Å². The highest BCUT2D eigenvalue weighted by atomic mass is 16.3. The molecule has 1 fully saturated rings. The molecule has 5 heteroatoms. The molecule has 1 aromatic rings. The van der Waals surface area contributed by atoms with E-state index in [9.17, 15) is 5.11 Å². The third kappa shape index (κ3) is 2.82. The molecule has 0 atom stereocenters. The Hall–Kier alpha value is -1.36. The number of aliphatic hydroxyl groups excluding tert-OH is 1. The van der Waals surface area contributed by atoms with Crippen LogP contribution in [-0.4, -0.2) is 34.3 Å². The summed E-state index contributed by atoms with van der Waals surface area (Å²) in [7, 11) is 1.84. The number of aromatic nitrogens is 2. The van der Waals surface area contributed by atoms with Gasteiger partial charge in [0.05, 0.1) is 6.10 Å². The average Bonchev–Trinajstić information content (AvgIpc) is 2.32. The zero-order valence-corrected chi connectivity index (χ0v) is 9.48. The monoisotopic (exact) mass is 222 g/mol. The highest BCUT2D eigenvalue weighted by Gasteiger charge is 2.19. The van der Waals surface area contributed by atoms with Crippen LogP contribution in [0.5, 0.6) is 0 Å². The van der Waals surface area contributed by atoms with E-state index in [0.717, 1.165) is 37.3 Å². The van der Waals surface area contributed by atoms with E-state index in [4.69, 9.17) is 0 Å². The topological polar surface area (TPSA) is 70.1 Å². The van der Waals surface area contributed by atoms with Crippen molar-refractivity contribution in [1.82, 2.24) is 9.97 Å². The fraction of sp³-hybridized carbons (Fsp3) is 0.636. The number of rotatable bonds is 3. The fourth-order valence-electron chi connectivity index (χ4n) is 2.00. The van der Waals surface area contributed by atoms with Gasteiger partial charge in [-0.25, -0.2) is 9.97 Å². The molecule has 2 rings (SSSR count). The van der Waals surface area contributed by atoms with Crippen molar-refractivity contribution in [2.24, 2.45) is 0 Å². The largest absolute Gasteiger partial charge is 0.393 e. The van der Waals surface area contributed by atoms with E-state index in [1.54, 1.807) is 6.33 Å². The van der Waals surface area contributed by atoms with Gasteiger partial charge in [0.1, 0.15) is 18.0 Å². The zero-order chi connectivity index (χ0) is 11.4. The molecule has 88 valence electrons. The zero-order valence-electron chi connectivity index (χ0n) is 9.48. The third-order valence-corrected chi connectivity index (χ3v) is 2.97. The Morgan fingerprint density at radius 2 is 1.88 bits per heavy atom. The van der Waals surface area contributed by atoms with E-state index in [1.165, 1.54) is 0 Å². The molecule has 0 bridgehead atoms. The summed E-state index contributed by atoms with van der Waals surface area (Å²) in [6.07, 6.45) is 5.19.